The topological polar surface area (TPSA) is 23.5 Å². The zero-order valence-electron chi connectivity index (χ0n) is 11.7. The van der Waals surface area contributed by atoms with Crippen molar-refractivity contribution in [3.63, 3.8) is 0 Å². The first kappa shape index (κ1) is 14.0. The molecule has 0 amide bonds. The van der Waals surface area contributed by atoms with E-state index < -0.39 is 0 Å². The zero-order chi connectivity index (χ0) is 13.1. The molecule has 2 nitrogen and oxygen atoms in total. The highest BCUT2D eigenvalue weighted by Gasteiger charge is 2.14. The summed E-state index contributed by atoms with van der Waals surface area (Å²) in [6.07, 6.45) is 0.425. The van der Waals surface area contributed by atoms with Crippen LogP contribution in [0.25, 0.3) is 0 Å². The Hall–Kier alpha value is -1.02. The van der Waals surface area contributed by atoms with Gasteiger partial charge in [-0.25, -0.2) is 0 Å². The number of aliphatic hydroxyl groups is 1. The summed E-state index contributed by atoms with van der Waals surface area (Å²) in [6.45, 7) is 9.71. The first-order valence-corrected chi connectivity index (χ1v) is 6.32. The Kier molecular flexibility index (Phi) is 4.58. The summed E-state index contributed by atoms with van der Waals surface area (Å²) >= 11 is 0. The molecule has 0 saturated carbocycles. The summed E-state index contributed by atoms with van der Waals surface area (Å²) < 4.78 is 0. The molecule has 0 saturated heterocycles. The van der Waals surface area contributed by atoms with Crippen molar-refractivity contribution < 1.29 is 5.11 Å². The highest BCUT2D eigenvalue weighted by atomic mass is 16.3. The number of nitrogens with zero attached hydrogens (tertiary/aromatic N) is 1. The van der Waals surface area contributed by atoms with Gasteiger partial charge in [0.2, 0.25) is 0 Å². The van der Waals surface area contributed by atoms with E-state index in [1.165, 1.54) is 5.69 Å². The van der Waals surface area contributed by atoms with Crippen molar-refractivity contribution in [2.75, 3.05) is 18.5 Å². The van der Waals surface area contributed by atoms with Gasteiger partial charge in [0.05, 0.1) is 6.10 Å². The molecule has 0 bridgehead atoms. The number of hydrogen-bond acceptors (Lipinski definition) is 2. The molecular weight excluding hydrogens is 210 g/mol. The highest BCUT2D eigenvalue weighted by Crippen LogP contribution is 2.23. The molecule has 0 unspecified atom stereocenters. The van der Waals surface area contributed by atoms with E-state index in [0.29, 0.717) is 0 Å². The van der Waals surface area contributed by atoms with Crippen molar-refractivity contribution in [1.29, 1.82) is 0 Å². The Morgan fingerprint density at radius 1 is 1.18 bits per heavy atom. The molecule has 1 N–H and O–H groups in total. The molecule has 0 heterocycles. The van der Waals surface area contributed by atoms with Gasteiger partial charge in [0.25, 0.3) is 0 Å². The third-order valence-corrected chi connectivity index (χ3v) is 2.82. The van der Waals surface area contributed by atoms with Crippen molar-refractivity contribution >= 4 is 5.69 Å². The average molecular weight is 235 g/mol. The second-order valence-corrected chi connectivity index (χ2v) is 5.93. The van der Waals surface area contributed by atoms with Crippen LogP contribution in [0.3, 0.4) is 0 Å². The maximum absolute atomic E-state index is 9.73. The molecule has 17 heavy (non-hydrogen) atoms. The number of benzene rings is 1. The van der Waals surface area contributed by atoms with Gasteiger partial charge >= 0.3 is 0 Å². The van der Waals surface area contributed by atoms with E-state index in [9.17, 15) is 5.11 Å². The number of anilines is 1. The van der Waals surface area contributed by atoms with Gasteiger partial charge in [-0.2, -0.15) is 0 Å². The lowest BCUT2D eigenvalue weighted by atomic mass is 9.96. The predicted octanol–water partition coefficient (Wildman–Crippen LogP) is 3.61. The largest absolute Gasteiger partial charge is 0.388 e. The van der Waals surface area contributed by atoms with Crippen molar-refractivity contribution in [2.45, 2.75) is 40.2 Å². The standard InChI is InChI=1S/C15H25NO/c1-6-14(17)12-7-9-13(10-8-12)16(5)11-15(2,3)4/h7-10,14,17H,6,11H2,1-5H3/t14-/m1/s1. The van der Waals surface area contributed by atoms with Gasteiger partial charge in [-0.3, -0.25) is 0 Å². The molecule has 0 radical (unpaired) electrons. The van der Waals surface area contributed by atoms with Crippen LogP contribution in [-0.2, 0) is 0 Å². The lowest BCUT2D eigenvalue weighted by Crippen LogP contribution is -2.28. The van der Waals surface area contributed by atoms with Crippen LogP contribution in [0.15, 0.2) is 24.3 Å². The van der Waals surface area contributed by atoms with Gasteiger partial charge in [0.1, 0.15) is 0 Å². The summed E-state index contributed by atoms with van der Waals surface area (Å²) in [6, 6.07) is 8.20. The van der Waals surface area contributed by atoms with Crippen LogP contribution < -0.4 is 4.90 Å². The number of hydrogen-bond donors (Lipinski definition) is 1. The quantitative estimate of drug-likeness (QED) is 0.861. The second-order valence-electron chi connectivity index (χ2n) is 5.93. The van der Waals surface area contributed by atoms with Gasteiger partial charge < -0.3 is 10.0 Å². The van der Waals surface area contributed by atoms with Gasteiger partial charge in [-0.15, -0.1) is 0 Å². The summed E-state index contributed by atoms with van der Waals surface area (Å²) in [5, 5.41) is 9.73. The normalized spacial score (nSPS) is 13.5. The molecule has 0 spiro atoms. The van der Waals surface area contributed by atoms with Crippen LogP contribution in [0.5, 0.6) is 0 Å². The summed E-state index contributed by atoms with van der Waals surface area (Å²) in [7, 11) is 2.11. The fourth-order valence-electron chi connectivity index (χ4n) is 1.99. The zero-order valence-corrected chi connectivity index (χ0v) is 11.7. The Balaban J connectivity index is 2.74. The van der Waals surface area contributed by atoms with Crippen LogP contribution in [0, 0.1) is 5.41 Å². The Morgan fingerprint density at radius 2 is 1.71 bits per heavy atom. The van der Waals surface area contributed by atoms with Crippen molar-refractivity contribution in [3.8, 4) is 0 Å². The summed E-state index contributed by atoms with van der Waals surface area (Å²) in [5.41, 5.74) is 2.49. The lowest BCUT2D eigenvalue weighted by molar-refractivity contribution is 0.173. The van der Waals surface area contributed by atoms with Gasteiger partial charge in [-0.1, -0.05) is 39.8 Å². The highest BCUT2D eigenvalue weighted by molar-refractivity contribution is 5.47. The molecule has 1 atom stereocenters. The molecule has 0 aliphatic heterocycles. The molecular formula is C15H25NO. The third kappa shape index (κ3) is 4.39. The van der Waals surface area contributed by atoms with Crippen molar-refractivity contribution in [2.24, 2.45) is 5.41 Å². The van der Waals surface area contributed by atoms with Crippen LogP contribution in [-0.4, -0.2) is 18.7 Å². The van der Waals surface area contributed by atoms with E-state index in [4.69, 9.17) is 0 Å². The van der Waals surface area contributed by atoms with Gasteiger partial charge in [0, 0.05) is 19.3 Å². The van der Waals surface area contributed by atoms with Crippen LogP contribution in [0.1, 0.15) is 45.8 Å². The predicted molar refractivity (Wildman–Crippen MR) is 74.4 cm³/mol. The van der Waals surface area contributed by atoms with Crippen molar-refractivity contribution in [1.82, 2.24) is 0 Å². The van der Waals surface area contributed by atoms with E-state index >= 15 is 0 Å². The first-order valence-electron chi connectivity index (χ1n) is 6.32. The minimum Gasteiger partial charge on any atom is -0.388 e. The summed E-state index contributed by atoms with van der Waals surface area (Å²) in [5.74, 6) is 0. The van der Waals surface area contributed by atoms with Crippen LogP contribution >= 0.6 is 0 Å². The molecule has 1 aromatic rings. The molecule has 0 aliphatic carbocycles. The van der Waals surface area contributed by atoms with E-state index in [0.717, 1.165) is 18.5 Å². The lowest BCUT2D eigenvalue weighted by Gasteiger charge is -2.28. The smallest absolute Gasteiger partial charge is 0.0787 e. The van der Waals surface area contributed by atoms with E-state index in [1.54, 1.807) is 0 Å². The van der Waals surface area contributed by atoms with Gasteiger partial charge in [0.15, 0.2) is 0 Å². The molecule has 0 aliphatic rings. The summed E-state index contributed by atoms with van der Waals surface area (Å²) in [4.78, 5) is 2.25. The van der Waals surface area contributed by atoms with E-state index in [1.807, 2.05) is 19.1 Å². The minimum absolute atomic E-state index is 0.288. The molecule has 0 aromatic heterocycles. The Bertz CT molecular complexity index is 337. The first-order chi connectivity index (χ1) is 7.83. The van der Waals surface area contributed by atoms with Crippen LogP contribution in [0.4, 0.5) is 5.69 Å². The van der Waals surface area contributed by atoms with Crippen molar-refractivity contribution in [3.05, 3.63) is 29.8 Å². The molecule has 0 fully saturated rings. The van der Waals surface area contributed by atoms with Gasteiger partial charge in [-0.05, 0) is 29.5 Å². The molecule has 2 heteroatoms. The number of aliphatic hydroxyl groups excluding tert-OH is 1. The fourth-order valence-corrected chi connectivity index (χ4v) is 1.99. The van der Waals surface area contributed by atoms with E-state index in [-0.39, 0.29) is 11.5 Å². The Morgan fingerprint density at radius 3 is 2.12 bits per heavy atom. The maximum atomic E-state index is 9.73. The maximum Gasteiger partial charge on any atom is 0.0787 e. The second kappa shape index (κ2) is 5.54. The monoisotopic (exact) mass is 235 g/mol. The third-order valence-electron chi connectivity index (χ3n) is 2.82. The SMILES string of the molecule is CC[C@@H](O)c1ccc(N(C)CC(C)(C)C)cc1. The average Bonchev–Trinajstić information content (AvgIpc) is 2.26. The number of rotatable bonds is 4. The molecule has 1 rings (SSSR count). The molecule has 96 valence electrons. The fraction of sp³-hybridized carbons (Fsp3) is 0.600. The Labute approximate surface area is 105 Å². The molecule has 1 aromatic carbocycles. The van der Waals surface area contributed by atoms with Crippen LogP contribution in [0.2, 0.25) is 0 Å². The minimum atomic E-state index is -0.336. The van der Waals surface area contributed by atoms with E-state index in [2.05, 4.69) is 44.9 Å².